The van der Waals surface area contributed by atoms with Crippen LogP contribution in [0.4, 0.5) is 0 Å². The maximum absolute atomic E-state index is 13.3. The van der Waals surface area contributed by atoms with Gasteiger partial charge >= 0.3 is 5.97 Å². The molecule has 162 valence electrons. The molecular formula is C27H25NO4. The lowest BCUT2D eigenvalue weighted by molar-refractivity contribution is -0.160. The molecule has 1 N–H and O–H groups in total. The fourth-order valence-electron chi connectivity index (χ4n) is 4.08. The van der Waals surface area contributed by atoms with E-state index in [9.17, 15) is 9.90 Å². The zero-order valence-electron chi connectivity index (χ0n) is 17.9. The Kier molecular flexibility index (Phi) is 6.36. The van der Waals surface area contributed by atoms with Gasteiger partial charge in [0.1, 0.15) is 29.8 Å². The maximum Gasteiger partial charge on any atom is 0.344 e. The Morgan fingerprint density at radius 2 is 1.56 bits per heavy atom. The minimum atomic E-state index is -0.976. The average Bonchev–Trinajstić information content (AvgIpc) is 2.83. The van der Waals surface area contributed by atoms with E-state index in [-0.39, 0.29) is 23.5 Å². The molecule has 1 aliphatic rings. The van der Waals surface area contributed by atoms with Crippen molar-refractivity contribution >= 4 is 11.7 Å². The smallest absolute Gasteiger partial charge is 0.344 e. The average molecular weight is 428 g/mol. The highest BCUT2D eigenvalue weighted by molar-refractivity contribution is 6.27. The first-order chi connectivity index (χ1) is 15.6. The molecule has 0 saturated carbocycles. The van der Waals surface area contributed by atoms with Gasteiger partial charge in [-0.1, -0.05) is 96.2 Å². The molecule has 3 aromatic carbocycles. The molecule has 0 aromatic heterocycles. The summed E-state index contributed by atoms with van der Waals surface area (Å²) in [5.41, 5.74) is 1.95. The van der Waals surface area contributed by atoms with E-state index in [0.717, 1.165) is 11.1 Å². The summed E-state index contributed by atoms with van der Waals surface area (Å²) in [6.45, 7) is 0. The van der Waals surface area contributed by atoms with E-state index in [1.165, 1.54) is 7.11 Å². The summed E-state index contributed by atoms with van der Waals surface area (Å²) < 4.78 is 6.12. The van der Waals surface area contributed by atoms with Crippen molar-refractivity contribution in [1.29, 1.82) is 0 Å². The predicted octanol–water partition coefficient (Wildman–Crippen LogP) is 5.32. The topological polar surface area (TPSA) is 68.1 Å². The number of ether oxygens (including phenoxy) is 1. The minimum Gasteiger partial charge on any atom is -0.511 e. The van der Waals surface area contributed by atoms with Crippen molar-refractivity contribution in [3.05, 3.63) is 119 Å². The molecule has 3 aromatic rings. The van der Waals surface area contributed by atoms with Crippen molar-refractivity contribution in [3.8, 4) is 0 Å². The van der Waals surface area contributed by atoms with Crippen molar-refractivity contribution < 1.29 is 19.5 Å². The van der Waals surface area contributed by atoms with Gasteiger partial charge in [0.2, 0.25) is 0 Å². The van der Waals surface area contributed by atoms with Crippen molar-refractivity contribution in [2.45, 2.75) is 24.9 Å². The molecule has 1 aliphatic heterocycles. The SMILES string of the molecule is CO/N=C(/C1=C(O)CC(CCc2ccccc2)(c2ccccc2)OC1=O)c1ccccc1. The maximum atomic E-state index is 13.3. The largest absolute Gasteiger partial charge is 0.511 e. The number of oxime groups is 1. The van der Waals surface area contributed by atoms with Gasteiger partial charge in [-0.2, -0.15) is 0 Å². The highest BCUT2D eigenvalue weighted by Gasteiger charge is 2.44. The molecule has 0 fully saturated rings. The second-order valence-electron chi connectivity index (χ2n) is 7.72. The Balaban J connectivity index is 1.74. The molecule has 0 bridgehead atoms. The van der Waals surface area contributed by atoms with Crippen molar-refractivity contribution in [2.75, 3.05) is 7.11 Å². The normalized spacial score (nSPS) is 18.9. The number of rotatable bonds is 7. The number of hydrogen-bond donors (Lipinski definition) is 1. The van der Waals surface area contributed by atoms with Gasteiger partial charge in [0.15, 0.2) is 0 Å². The van der Waals surface area contributed by atoms with Crippen molar-refractivity contribution in [3.63, 3.8) is 0 Å². The summed E-state index contributed by atoms with van der Waals surface area (Å²) in [6.07, 6.45) is 1.38. The number of aliphatic hydroxyl groups is 1. The number of esters is 1. The fourth-order valence-corrected chi connectivity index (χ4v) is 4.08. The van der Waals surface area contributed by atoms with Crippen LogP contribution >= 0.6 is 0 Å². The number of hydrogen-bond acceptors (Lipinski definition) is 5. The van der Waals surface area contributed by atoms with Gasteiger partial charge in [-0.3, -0.25) is 0 Å². The lowest BCUT2D eigenvalue weighted by atomic mass is 9.81. The quantitative estimate of drug-likeness (QED) is 0.315. The summed E-state index contributed by atoms with van der Waals surface area (Å²) in [7, 11) is 1.41. The van der Waals surface area contributed by atoms with Gasteiger partial charge in [0.25, 0.3) is 0 Å². The molecular weight excluding hydrogens is 402 g/mol. The number of carbonyl (C=O) groups excluding carboxylic acids is 1. The van der Waals surface area contributed by atoms with Crippen LogP contribution < -0.4 is 0 Å². The molecule has 0 spiro atoms. The summed E-state index contributed by atoms with van der Waals surface area (Å²) in [5, 5.41) is 15.2. The van der Waals surface area contributed by atoms with Gasteiger partial charge in [0, 0.05) is 5.56 Å². The standard InChI is InChI=1S/C27H25NO4/c1-31-28-25(21-13-7-3-8-14-21)24-23(29)19-27(32-26(24)30,22-15-9-4-10-16-22)18-17-20-11-5-2-6-12-20/h2-16,29H,17-19H2,1H3/b28-25+. The van der Waals surface area contributed by atoms with E-state index >= 15 is 0 Å². The van der Waals surface area contributed by atoms with Crippen molar-refractivity contribution in [2.24, 2.45) is 5.16 Å². The van der Waals surface area contributed by atoms with Crippen molar-refractivity contribution in [1.82, 2.24) is 0 Å². The lowest BCUT2D eigenvalue weighted by Crippen LogP contribution is -2.40. The molecule has 0 aliphatic carbocycles. The van der Waals surface area contributed by atoms with Gasteiger partial charge in [-0.15, -0.1) is 0 Å². The summed E-state index contributed by atoms with van der Waals surface area (Å²) in [5.74, 6) is -0.678. The highest BCUT2D eigenvalue weighted by atomic mass is 16.6. The second kappa shape index (κ2) is 9.52. The first-order valence-electron chi connectivity index (χ1n) is 10.5. The molecule has 0 saturated heterocycles. The lowest BCUT2D eigenvalue weighted by Gasteiger charge is -2.38. The first kappa shape index (κ1) is 21.4. The molecule has 0 radical (unpaired) electrons. The predicted molar refractivity (Wildman–Crippen MR) is 123 cm³/mol. The van der Waals surface area contributed by atoms with Crippen LogP contribution in [0.2, 0.25) is 0 Å². The van der Waals surface area contributed by atoms with E-state index in [1.807, 2.05) is 78.9 Å². The summed E-state index contributed by atoms with van der Waals surface area (Å²) in [4.78, 5) is 18.3. The molecule has 1 heterocycles. The van der Waals surface area contributed by atoms with E-state index in [1.54, 1.807) is 12.1 Å². The molecule has 0 amide bonds. The van der Waals surface area contributed by atoms with Crippen LogP contribution in [0.3, 0.4) is 0 Å². The minimum absolute atomic E-state index is 0.0318. The Hall–Kier alpha value is -3.86. The van der Waals surface area contributed by atoms with E-state index in [0.29, 0.717) is 18.4 Å². The number of benzene rings is 3. The zero-order valence-corrected chi connectivity index (χ0v) is 17.9. The third kappa shape index (κ3) is 4.42. The summed E-state index contributed by atoms with van der Waals surface area (Å²) in [6, 6.07) is 28.8. The molecule has 1 atom stereocenters. The highest BCUT2D eigenvalue weighted by Crippen LogP contribution is 2.42. The Morgan fingerprint density at radius 1 is 0.969 bits per heavy atom. The van der Waals surface area contributed by atoms with Crippen LogP contribution in [0.1, 0.15) is 29.5 Å². The Morgan fingerprint density at radius 3 is 2.16 bits per heavy atom. The third-order valence-corrected chi connectivity index (χ3v) is 5.66. The molecule has 32 heavy (non-hydrogen) atoms. The number of carbonyl (C=O) groups is 1. The summed E-state index contributed by atoms with van der Waals surface area (Å²) >= 11 is 0. The second-order valence-corrected chi connectivity index (χ2v) is 7.72. The van der Waals surface area contributed by atoms with Gasteiger partial charge in [0.05, 0.1) is 6.42 Å². The molecule has 5 heteroatoms. The fraction of sp³-hybridized carbons (Fsp3) is 0.185. The number of aliphatic hydroxyl groups excluding tert-OH is 1. The van der Waals surface area contributed by atoms with E-state index in [2.05, 4.69) is 5.16 Å². The van der Waals surface area contributed by atoms with Crippen LogP contribution in [0.15, 0.2) is 107 Å². The molecule has 5 nitrogen and oxygen atoms in total. The zero-order chi connectivity index (χ0) is 22.4. The monoisotopic (exact) mass is 427 g/mol. The van der Waals surface area contributed by atoms with E-state index < -0.39 is 11.6 Å². The molecule has 4 rings (SSSR count). The van der Waals surface area contributed by atoms with Crippen LogP contribution in [-0.2, 0) is 26.4 Å². The number of cyclic esters (lactones) is 1. The van der Waals surface area contributed by atoms with Crippen LogP contribution in [0.25, 0.3) is 0 Å². The van der Waals surface area contributed by atoms with E-state index in [4.69, 9.17) is 9.57 Å². The number of aryl methyl sites for hydroxylation is 1. The molecule has 1 unspecified atom stereocenters. The van der Waals surface area contributed by atoms with Gasteiger partial charge in [-0.05, 0) is 24.0 Å². The van der Waals surface area contributed by atoms with Crippen LogP contribution in [0, 0.1) is 0 Å². The van der Waals surface area contributed by atoms with Gasteiger partial charge < -0.3 is 14.7 Å². The van der Waals surface area contributed by atoms with Gasteiger partial charge in [-0.25, -0.2) is 4.79 Å². The first-order valence-corrected chi connectivity index (χ1v) is 10.5. The Labute approximate surface area is 187 Å². The Bertz CT molecular complexity index is 1120. The van der Waals surface area contributed by atoms with Crippen LogP contribution in [-0.4, -0.2) is 23.9 Å². The van der Waals surface area contributed by atoms with Crippen LogP contribution in [0.5, 0.6) is 0 Å². The number of nitrogens with zero attached hydrogens (tertiary/aromatic N) is 1. The third-order valence-electron chi connectivity index (χ3n) is 5.66.